The van der Waals surface area contributed by atoms with Crippen LogP contribution in [0, 0.1) is 6.20 Å². The van der Waals surface area contributed by atoms with Crippen LogP contribution < -0.4 is 4.98 Å². The lowest BCUT2D eigenvalue weighted by Gasteiger charge is -1.59. The molecule has 0 spiro atoms. The van der Waals surface area contributed by atoms with E-state index in [1.165, 1.54) is 0 Å². The first kappa shape index (κ1) is 3.28. The molecule has 2 nitrogen and oxygen atoms in total. The zero-order chi connectivity index (χ0) is 4.24. The Balaban J connectivity index is 3.00. The Labute approximate surface area is 35.9 Å². The highest BCUT2D eigenvalue weighted by Gasteiger charge is 1.70. The molecule has 1 radical (unpaired) electrons. The van der Waals surface area contributed by atoms with Gasteiger partial charge in [0.25, 0.3) is 6.33 Å². The van der Waals surface area contributed by atoms with Gasteiger partial charge in [0.1, 0.15) is 6.20 Å². The van der Waals surface area contributed by atoms with E-state index in [0.717, 1.165) is 0 Å². The second-order valence-corrected chi connectivity index (χ2v) is 0.883. The van der Waals surface area contributed by atoms with E-state index in [-0.39, 0.29) is 0 Å². The molecule has 1 heterocycles. The first-order chi connectivity index (χ1) is 3.00. The molecule has 0 amide bonds. The number of rotatable bonds is 0. The van der Waals surface area contributed by atoms with Crippen LogP contribution in [0.5, 0.6) is 0 Å². The molecular weight excluding hydrogens is 76.1 g/mol. The summed E-state index contributed by atoms with van der Waals surface area (Å²) < 4.78 is 0. The molecule has 1 aromatic rings. The number of aromatic amines is 1. The van der Waals surface area contributed by atoms with Gasteiger partial charge in [-0.2, -0.15) is 0 Å². The molecule has 0 aliphatic heterocycles. The van der Waals surface area contributed by atoms with Crippen LogP contribution in [-0.4, -0.2) is 4.98 Å². The van der Waals surface area contributed by atoms with Crippen molar-refractivity contribution in [2.75, 3.05) is 0 Å². The number of nitrogens with one attached hydrogen (secondary N) is 1. The highest BCUT2D eigenvalue weighted by atomic mass is 14.8. The van der Waals surface area contributed by atoms with Crippen molar-refractivity contribution in [3.63, 3.8) is 0 Å². The van der Waals surface area contributed by atoms with Crippen molar-refractivity contribution >= 4 is 0 Å². The first-order valence-electron chi connectivity index (χ1n) is 1.68. The Hall–Kier alpha value is -0.920. The molecule has 0 aromatic carbocycles. The molecule has 0 unspecified atom stereocenters. The quantitative estimate of drug-likeness (QED) is 0.420. The lowest BCUT2D eigenvalue weighted by Crippen LogP contribution is -1.98. The van der Waals surface area contributed by atoms with Crippen LogP contribution in [-0.2, 0) is 0 Å². The predicted octanol–water partition coefficient (Wildman–Crippen LogP) is -0.304. The third-order valence-electron chi connectivity index (χ3n) is 0.466. The molecule has 1 aromatic heterocycles. The molecule has 2 heteroatoms. The molecule has 0 atom stereocenters. The topological polar surface area (TPSA) is 27.0 Å². The van der Waals surface area contributed by atoms with Gasteiger partial charge in [-0.3, -0.25) is 0 Å². The highest BCUT2D eigenvalue weighted by molar-refractivity contribution is 4.65. The van der Waals surface area contributed by atoms with E-state index >= 15 is 0 Å². The fourth-order valence-electron chi connectivity index (χ4n) is 0.246. The van der Waals surface area contributed by atoms with Gasteiger partial charge in [0, 0.05) is 6.07 Å². The molecule has 0 saturated carbocycles. The zero-order valence-corrected chi connectivity index (χ0v) is 3.18. The van der Waals surface area contributed by atoms with Crippen molar-refractivity contribution in [1.29, 1.82) is 0 Å². The number of aromatic nitrogens is 2. The average Bonchev–Trinajstić information content (AvgIpc) is 1.72. The molecule has 0 fully saturated rings. The summed E-state index contributed by atoms with van der Waals surface area (Å²) in [5.41, 5.74) is 0. The van der Waals surface area contributed by atoms with Crippen LogP contribution in [0.4, 0.5) is 0 Å². The Morgan fingerprint density at radius 1 is 1.67 bits per heavy atom. The normalized spacial score (nSPS) is 8.00. The summed E-state index contributed by atoms with van der Waals surface area (Å²) in [6, 6.07) is 1.71. The van der Waals surface area contributed by atoms with Crippen molar-refractivity contribution in [3.8, 4) is 0 Å². The molecular formula is C4H4N2+. The van der Waals surface area contributed by atoms with Gasteiger partial charge < -0.3 is 0 Å². The van der Waals surface area contributed by atoms with Crippen LogP contribution in [0.15, 0.2) is 18.6 Å². The van der Waals surface area contributed by atoms with Crippen molar-refractivity contribution < 1.29 is 4.98 Å². The highest BCUT2D eigenvalue weighted by Crippen LogP contribution is 1.59. The molecule has 0 bridgehead atoms. The molecule has 0 saturated heterocycles. The summed E-state index contributed by atoms with van der Waals surface area (Å²) in [4.78, 5) is 6.35. The number of hydrogen-bond donors (Lipinski definition) is 0. The number of nitrogens with zero attached hydrogens (tertiary/aromatic N) is 1. The van der Waals surface area contributed by atoms with Crippen LogP contribution >= 0.6 is 0 Å². The average molecular weight is 80.1 g/mol. The second kappa shape index (κ2) is 1.50. The molecule has 1 N–H and O–H groups in total. The maximum absolute atomic E-state index is 3.70. The Morgan fingerprint density at radius 2 is 2.67 bits per heavy atom. The number of hydrogen-bond acceptors (Lipinski definition) is 1. The van der Waals surface area contributed by atoms with Gasteiger partial charge in [0.15, 0.2) is 6.20 Å². The standard InChI is InChI=1S/C4H4N2/c1-2-5-4-6-3-1/h1-2,4,6H/q+1. The summed E-state index contributed by atoms with van der Waals surface area (Å²) in [5, 5.41) is 0. The van der Waals surface area contributed by atoms with E-state index in [0.29, 0.717) is 0 Å². The fourth-order valence-corrected chi connectivity index (χ4v) is 0.246. The van der Waals surface area contributed by atoms with Crippen LogP contribution in [0.25, 0.3) is 0 Å². The van der Waals surface area contributed by atoms with Crippen molar-refractivity contribution in [2.24, 2.45) is 0 Å². The minimum atomic E-state index is 1.57. The van der Waals surface area contributed by atoms with Crippen molar-refractivity contribution in [1.82, 2.24) is 4.98 Å². The Kier molecular flexibility index (Phi) is 0.819. The van der Waals surface area contributed by atoms with E-state index in [1.54, 1.807) is 18.6 Å². The van der Waals surface area contributed by atoms with Crippen molar-refractivity contribution in [3.05, 3.63) is 24.8 Å². The summed E-state index contributed by atoms with van der Waals surface area (Å²) >= 11 is 0. The molecule has 29 valence electrons. The molecule has 0 aliphatic carbocycles. The van der Waals surface area contributed by atoms with Gasteiger partial charge in [-0.1, -0.05) is 4.98 Å². The van der Waals surface area contributed by atoms with E-state index in [4.69, 9.17) is 0 Å². The van der Waals surface area contributed by atoms with Crippen molar-refractivity contribution in [2.45, 2.75) is 0 Å². The minimum Gasteiger partial charge on any atom is -0.240 e. The summed E-state index contributed by atoms with van der Waals surface area (Å²) in [6.07, 6.45) is 5.94. The zero-order valence-electron chi connectivity index (χ0n) is 3.18. The third-order valence-corrected chi connectivity index (χ3v) is 0.466. The largest absolute Gasteiger partial charge is 0.284 e. The van der Waals surface area contributed by atoms with E-state index in [2.05, 4.69) is 16.2 Å². The monoisotopic (exact) mass is 80.0 g/mol. The van der Waals surface area contributed by atoms with Gasteiger partial charge in [-0.15, -0.1) is 0 Å². The molecule has 0 aliphatic rings. The van der Waals surface area contributed by atoms with E-state index < -0.39 is 0 Å². The van der Waals surface area contributed by atoms with Gasteiger partial charge in [0.05, 0.1) is 0 Å². The SMILES string of the molecule is [c]1ccnc[nH+]1. The van der Waals surface area contributed by atoms with Crippen LogP contribution in [0.1, 0.15) is 0 Å². The van der Waals surface area contributed by atoms with Gasteiger partial charge in [-0.05, 0) is 0 Å². The van der Waals surface area contributed by atoms with Crippen LogP contribution in [0.2, 0.25) is 0 Å². The summed E-state index contributed by atoms with van der Waals surface area (Å²) in [7, 11) is 0. The predicted molar refractivity (Wildman–Crippen MR) is 19.6 cm³/mol. The van der Waals surface area contributed by atoms with Gasteiger partial charge in [0.2, 0.25) is 0 Å². The van der Waals surface area contributed by atoms with E-state index in [1.807, 2.05) is 0 Å². The smallest absolute Gasteiger partial charge is 0.240 e. The maximum atomic E-state index is 3.70. The van der Waals surface area contributed by atoms with Gasteiger partial charge >= 0.3 is 0 Å². The third kappa shape index (κ3) is 0.516. The van der Waals surface area contributed by atoms with Gasteiger partial charge in [-0.25, -0.2) is 4.98 Å². The minimum absolute atomic E-state index is 1.57. The molecule has 6 heavy (non-hydrogen) atoms. The van der Waals surface area contributed by atoms with Crippen LogP contribution in [0.3, 0.4) is 0 Å². The lowest BCUT2D eigenvalue weighted by molar-refractivity contribution is -0.388. The van der Waals surface area contributed by atoms with E-state index in [9.17, 15) is 0 Å². The Bertz CT molecular complexity index is 77.5. The first-order valence-corrected chi connectivity index (χ1v) is 1.68. The Morgan fingerprint density at radius 3 is 2.83 bits per heavy atom. The number of H-pyrrole nitrogens is 1. The molecule has 1 rings (SSSR count). The second-order valence-electron chi connectivity index (χ2n) is 0.883. The summed E-state index contributed by atoms with van der Waals surface area (Å²) in [6.45, 7) is 0. The maximum Gasteiger partial charge on any atom is 0.284 e. The lowest BCUT2D eigenvalue weighted by atomic mass is 10.7. The summed E-state index contributed by atoms with van der Waals surface area (Å²) in [5.74, 6) is 0. The fraction of sp³-hybridized carbons (Fsp3) is 0.